The van der Waals surface area contributed by atoms with Crippen molar-refractivity contribution >= 4 is 92.7 Å². The van der Waals surface area contributed by atoms with Crippen LogP contribution in [0.1, 0.15) is 78.9 Å². The van der Waals surface area contributed by atoms with Crippen LogP contribution in [-0.2, 0) is 0 Å². The molecule has 10 heteroatoms. The third-order valence-electron chi connectivity index (χ3n) is 20.5. The number of para-hydroxylation sites is 2. The number of H-pyrrole nitrogens is 4. The summed E-state index contributed by atoms with van der Waals surface area (Å²) in [7, 11) is 0. The van der Waals surface area contributed by atoms with Gasteiger partial charge in [0.25, 0.3) is 0 Å². The van der Waals surface area contributed by atoms with Crippen molar-refractivity contribution in [1.82, 2.24) is 39.9 Å². The average molecular weight is 1370 g/mol. The quantitative estimate of drug-likeness (QED) is 0.0850. The first-order chi connectivity index (χ1) is 51.9. The van der Waals surface area contributed by atoms with E-state index in [2.05, 4.69) is 328 Å². The molecule has 0 unspecified atom stereocenters. The normalized spacial score (nSPS) is 12.2. The summed E-state index contributed by atoms with van der Waals surface area (Å²) in [4.78, 5) is 38.1. The lowest BCUT2D eigenvalue weighted by Gasteiger charge is -2.15. The zero-order valence-corrected chi connectivity index (χ0v) is 59.7. The Bertz CT molecular complexity index is 5860. The molecule has 0 fully saturated rings. The van der Waals surface area contributed by atoms with Crippen molar-refractivity contribution in [3.63, 3.8) is 0 Å². The second-order valence-electron chi connectivity index (χ2n) is 27.9. The number of ether oxygens (including phenoxy) is 2. The molecule has 0 spiro atoms. The molecule has 4 aliphatic heterocycles. The number of nitrogens with zero attached hydrogens (tertiary/aromatic N) is 4. The van der Waals surface area contributed by atoms with Crippen molar-refractivity contribution in [2.45, 2.75) is 41.5 Å². The molecule has 4 aliphatic rings. The van der Waals surface area contributed by atoms with Crippen molar-refractivity contribution < 1.29 is 9.47 Å². The molecular formula is C96H74N8O2. The average Bonchev–Trinajstić information content (AvgIpc) is 1.61. The molecule has 0 amide bonds. The van der Waals surface area contributed by atoms with E-state index in [1.165, 1.54) is 33.4 Å². The van der Waals surface area contributed by atoms with E-state index >= 15 is 0 Å². The van der Waals surface area contributed by atoms with Gasteiger partial charge in [-0.15, -0.1) is 0 Å². The van der Waals surface area contributed by atoms with Crippen LogP contribution >= 0.6 is 0 Å². The van der Waals surface area contributed by atoms with Crippen LogP contribution in [0.3, 0.4) is 0 Å². The number of hydrogen-bond acceptors (Lipinski definition) is 6. The van der Waals surface area contributed by atoms with E-state index in [4.69, 9.17) is 29.4 Å². The van der Waals surface area contributed by atoms with E-state index in [1.807, 2.05) is 24.3 Å². The van der Waals surface area contributed by atoms with Gasteiger partial charge >= 0.3 is 0 Å². The van der Waals surface area contributed by atoms with E-state index < -0.39 is 0 Å². The van der Waals surface area contributed by atoms with E-state index in [-0.39, 0.29) is 13.2 Å². The highest BCUT2D eigenvalue weighted by atomic mass is 16.5. The van der Waals surface area contributed by atoms with Crippen LogP contribution in [0, 0.1) is 41.5 Å². The summed E-state index contributed by atoms with van der Waals surface area (Å²) in [5.41, 5.74) is 36.7. The van der Waals surface area contributed by atoms with E-state index in [1.54, 1.807) is 0 Å². The predicted molar refractivity (Wildman–Crippen MR) is 441 cm³/mol. The molecule has 14 aromatic rings. The summed E-state index contributed by atoms with van der Waals surface area (Å²) in [6.45, 7) is 13.2. The molecule has 6 aromatic heterocycles. The molecule has 0 saturated carbocycles. The Balaban J connectivity index is 0.773. The van der Waals surface area contributed by atoms with Crippen LogP contribution in [0.15, 0.2) is 243 Å². The third kappa shape index (κ3) is 12.2. The van der Waals surface area contributed by atoms with Crippen molar-refractivity contribution in [2.24, 2.45) is 0 Å². The Morgan fingerprint density at radius 3 is 0.594 bits per heavy atom. The van der Waals surface area contributed by atoms with Crippen LogP contribution in [0.4, 0.5) is 0 Å². The molecule has 4 N–H and O–H groups in total. The lowest BCUT2D eigenvalue weighted by atomic mass is 10.0. The fourth-order valence-electron chi connectivity index (χ4n) is 15.0. The number of nitrogens with one attached hydrogen (secondary N) is 4. The van der Waals surface area contributed by atoms with Gasteiger partial charge in [-0.05, 0) is 184 Å². The van der Waals surface area contributed by atoms with Gasteiger partial charge in [0.1, 0.15) is 24.7 Å². The van der Waals surface area contributed by atoms with Gasteiger partial charge < -0.3 is 29.4 Å². The molecule has 18 rings (SSSR count). The molecule has 0 atom stereocenters. The number of aromatic nitrogens is 8. The summed E-state index contributed by atoms with van der Waals surface area (Å²) in [5.74, 6) is 1.35. The van der Waals surface area contributed by atoms with Gasteiger partial charge in [-0.3, -0.25) is 0 Å². The summed E-state index contributed by atoms with van der Waals surface area (Å²) in [6.07, 6.45) is 17.1. The maximum atomic E-state index is 7.03. The first-order valence-electron chi connectivity index (χ1n) is 36.1. The van der Waals surface area contributed by atoms with E-state index in [0.29, 0.717) is 11.5 Å². The summed E-state index contributed by atoms with van der Waals surface area (Å²) in [6, 6.07) is 86.1. The number of hydrogen-bond donors (Lipinski definition) is 4. The third-order valence-corrected chi connectivity index (χ3v) is 20.5. The zero-order valence-electron chi connectivity index (χ0n) is 59.7. The molecule has 10 heterocycles. The molecular weight excluding hydrogens is 1300 g/mol. The Kier molecular flexibility index (Phi) is 16.5. The second-order valence-corrected chi connectivity index (χ2v) is 27.9. The molecule has 8 aromatic carbocycles. The molecule has 10 nitrogen and oxygen atoms in total. The van der Waals surface area contributed by atoms with Gasteiger partial charge in [0, 0.05) is 99.8 Å². The lowest BCUT2D eigenvalue weighted by molar-refractivity contribution is 0.218. The fraction of sp³-hybridized carbons (Fsp3) is 0.0833. The van der Waals surface area contributed by atoms with E-state index in [9.17, 15) is 0 Å². The van der Waals surface area contributed by atoms with Crippen molar-refractivity contribution in [3.05, 3.63) is 322 Å². The minimum absolute atomic E-state index is 0.215. The summed E-state index contributed by atoms with van der Waals surface area (Å²) in [5, 5.41) is 0. The van der Waals surface area contributed by atoms with Crippen LogP contribution < -0.4 is 9.47 Å². The Morgan fingerprint density at radius 1 is 0.208 bits per heavy atom. The molecule has 0 aliphatic carbocycles. The number of aromatic amines is 4. The maximum Gasteiger partial charge on any atom is 0.127 e. The highest BCUT2D eigenvalue weighted by Gasteiger charge is 2.24. The number of benzene rings is 8. The fourth-order valence-corrected chi connectivity index (χ4v) is 15.0. The van der Waals surface area contributed by atoms with Gasteiger partial charge in [0.15, 0.2) is 0 Å². The molecule has 106 heavy (non-hydrogen) atoms. The number of aryl methyl sites for hydroxylation is 6. The minimum atomic E-state index is 0.215. The minimum Gasteiger partial charge on any atom is -0.489 e. The largest absolute Gasteiger partial charge is 0.489 e. The van der Waals surface area contributed by atoms with E-state index in [0.717, 1.165) is 179 Å². The predicted octanol–water partition coefficient (Wildman–Crippen LogP) is 24.3. The number of rotatable bonds is 13. The van der Waals surface area contributed by atoms with Gasteiger partial charge in [-0.1, -0.05) is 215 Å². The van der Waals surface area contributed by atoms with Gasteiger partial charge in [-0.25, -0.2) is 19.9 Å². The zero-order chi connectivity index (χ0) is 71.5. The SMILES string of the molecule is Cc1ccc(-c2c3nc(c(-c4ccc(C)cc4)c4ccc([nH]4)c(-c4ccccc4OCCOc4ccccc4-c4c5nc(c(-c6ccc(C)cc6)c6ccc([nH]6)c(-c6ccc(C)cc6)c6nc(c(-c7ccc(C)cc7)c7ccc4[nH]7)C=C6)C=C5)c4nc(c(-c5ccc(C)cc5)c5ccc2[nH]5)C=C4)C=C3)cc1. The van der Waals surface area contributed by atoms with Crippen LogP contribution in [0.25, 0.3) is 182 Å². The highest BCUT2D eigenvalue weighted by molar-refractivity contribution is 6.03. The molecule has 0 saturated heterocycles. The maximum absolute atomic E-state index is 7.03. The second kappa shape index (κ2) is 27.1. The van der Waals surface area contributed by atoms with Crippen LogP contribution in [-0.4, -0.2) is 53.1 Å². The topological polar surface area (TPSA) is 133 Å². The standard InChI is InChI=1S/C96H74N8O2/c1-57-15-27-63(28-16-57)89-71-39-43-75(97-71)91(65-31-19-59(3)20-32-65)79-47-51-83(101-79)95(84-52-48-80(102-84)92(76-44-40-72(89)98-76)66-33-21-60(4)22-34-66)69-11-7-9-13-87(69)105-55-56-106-88-14-10-8-12-70(88)96-85-53-49-81(103-85)93(67-35-23-61(5)24-36-67)77-45-41-73(99-77)90(64-29-17-58(2)18-30-64)74-42-46-78(100-74)94(82-50-54-86(96)104-82)68-37-25-62(6)26-38-68/h7-54,97,99,102,104H,55-56H2,1-6H3. The first-order valence-corrected chi connectivity index (χ1v) is 36.1. The molecule has 510 valence electrons. The Hall–Kier alpha value is -13.4. The Morgan fingerprint density at radius 2 is 0.387 bits per heavy atom. The molecule has 0 radical (unpaired) electrons. The Labute approximate surface area is 615 Å². The summed E-state index contributed by atoms with van der Waals surface area (Å²) >= 11 is 0. The highest BCUT2D eigenvalue weighted by Crippen LogP contribution is 2.44. The summed E-state index contributed by atoms with van der Waals surface area (Å²) < 4.78 is 14.1. The molecule has 16 bridgehead atoms. The van der Waals surface area contributed by atoms with Crippen molar-refractivity contribution in [3.8, 4) is 101 Å². The smallest absolute Gasteiger partial charge is 0.127 e. The number of fused-ring (bicyclic) bond motifs is 16. The van der Waals surface area contributed by atoms with Crippen molar-refractivity contribution in [2.75, 3.05) is 13.2 Å². The van der Waals surface area contributed by atoms with Crippen LogP contribution in [0.2, 0.25) is 0 Å². The van der Waals surface area contributed by atoms with Gasteiger partial charge in [-0.2, -0.15) is 0 Å². The van der Waals surface area contributed by atoms with Gasteiger partial charge in [0.2, 0.25) is 0 Å². The van der Waals surface area contributed by atoms with Crippen LogP contribution in [0.5, 0.6) is 11.5 Å². The lowest BCUT2D eigenvalue weighted by Crippen LogP contribution is -2.10. The first kappa shape index (κ1) is 64.6. The van der Waals surface area contributed by atoms with Gasteiger partial charge in [0.05, 0.1) is 45.6 Å². The van der Waals surface area contributed by atoms with Crippen molar-refractivity contribution in [1.29, 1.82) is 0 Å². The monoisotopic (exact) mass is 1370 g/mol.